The van der Waals surface area contributed by atoms with Gasteiger partial charge in [0.05, 0.1) is 11.3 Å². The summed E-state index contributed by atoms with van der Waals surface area (Å²) < 4.78 is 1.87. The minimum Gasteiger partial charge on any atom is -0.389 e. The molecule has 0 unspecified atom stereocenters. The maximum absolute atomic E-state index is 10.5. The molecule has 1 aromatic rings. The molecule has 1 fully saturated rings. The van der Waals surface area contributed by atoms with Crippen molar-refractivity contribution in [2.45, 2.75) is 51.2 Å². The van der Waals surface area contributed by atoms with Crippen molar-refractivity contribution in [3.05, 3.63) is 18.0 Å². The first-order chi connectivity index (χ1) is 8.63. The Balaban J connectivity index is 1.75. The molecule has 2 N–H and O–H groups in total. The molecule has 0 aromatic carbocycles. The fourth-order valence-electron chi connectivity index (χ4n) is 2.80. The Morgan fingerprint density at radius 3 is 2.78 bits per heavy atom. The molecule has 4 nitrogen and oxygen atoms in total. The van der Waals surface area contributed by atoms with Gasteiger partial charge in [0.1, 0.15) is 0 Å². The summed E-state index contributed by atoms with van der Waals surface area (Å²) >= 11 is 0. The molecule has 1 aliphatic rings. The van der Waals surface area contributed by atoms with Crippen LogP contribution in [0.2, 0.25) is 0 Å². The summed E-state index contributed by atoms with van der Waals surface area (Å²) in [4.78, 5) is 0. The molecule has 0 atom stereocenters. The van der Waals surface area contributed by atoms with Crippen molar-refractivity contribution in [3.8, 4) is 0 Å². The number of hydrogen-bond acceptors (Lipinski definition) is 3. The maximum Gasteiger partial charge on any atom is 0.0771 e. The Bertz CT molecular complexity index is 367. The van der Waals surface area contributed by atoms with Crippen molar-refractivity contribution in [1.82, 2.24) is 15.1 Å². The second-order valence-corrected chi connectivity index (χ2v) is 5.63. The van der Waals surface area contributed by atoms with Crippen LogP contribution in [0.4, 0.5) is 0 Å². The summed E-state index contributed by atoms with van der Waals surface area (Å²) in [6.07, 6.45) is 7.26. The number of rotatable bonds is 5. The predicted molar refractivity (Wildman–Crippen MR) is 72.1 cm³/mol. The van der Waals surface area contributed by atoms with Crippen molar-refractivity contribution >= 4 is 0 Å². The first kappa shape index (κ1) is 13.6. The minimum atomic E-state index is -0.496. The Labute approximate surface area is 109 Å². The standard InChI is InChI=1S/C14H25N3O/c1-3-12-4-7-14(18,8-5-12)11-15-10-13-6-9-16-17(13)2/h6,9,12,15,18H,3-5,7-8,10-11H2,1-2H3. The summed E-state index contributed by atoms with van der Waals surface area (Å²) in [5.74, 6) is 0.822. The van der Waals surface area contributed by atoms with Gasteiger partial charge in [0.25, 0.3) is 0 Å². The van der Waals surface area contributed by atoms with Crippen LogP contribution in [0, 0.1) is 5.92 Å². The van der Waals surface area contributed by atoms with Gasteiger partial charge in [-0.25, -0.2) is 0 Å². The van der Waals surface area contributed by atoms with Gasteiger partial charge in [-0.15, -0.1) is 0 Å². The Hall–Kier alpha value is -0.870. The van der Waals surface area contributed by atoms with E-state index in [0.717, 1.165) is 31.0 Å². The van der Waals surface area contributed by atoms with Gasteiger partial charge >= 0.3 is 0 Å². The van der Waals surface area contributed by atoms with Gasteiger partial charge in [-0.1, -0.05) is 13.3 Å². The lowest BCUT2D eigenvalue weighted by Crippen LogP contribution is -2.43. The third-order valence-corrected chi connectivity index (χ3v) is 4.30. The highest BCUT2D eigenvalue weighted by Crippen LogP contribution is 2.33. The molecule has 1 aromatic heterocycles. The lowest BCUT2D eigenvalue weighted by atomic mass is 9.78. The van der Waals surface area contributed by atoms with Crippen LogP contribution in [0.5, 0.6) is 0 Å². The van der Waals surface area contributed by atoms with Gasteiger partial charge in [-0.2, -0.15) is 5.10 Å². The van der Waals surface area contributed by atoms with E-state index in [2.05, 4.69) is 17.3 Å². The van der Waals surface area contributed by atoms with E-state index >= 15 is 0 Å². The molecule has 2 rings (SSSR count). The summed E-state index contributed by atoms with van der Waals surface area (Å²) in [5.41, 5.74) is 0.658. The highest BCUT2D eigenvalue weighted by Gasteiger charge is 2.32. The average Bonchev–Trinajstić information content (AvgIpc) is 2.76. The molecule has 0 saturated heterocycles. The van der Waals surface area contributed by atoms with Crippen molar-refractivity contribution in [2.75, 3.05) is 6.54 Å². The van der Waals surface area contributed by atoms with Crippen LogP contribution in [0.15, 0.2) is 12.3 Å². The second kappa shape index (κ2) is 5.85. The number of aromatic nitrogens is 2. The zero-order valence-corrected chi connectivity index (χ0v) is 11.5. The topological polar surface area (TPSA) is 50.1 Å². The molecule has 0 bridgehead atoms. The Morgan fingerprint density at radius 2 is 2.22 bits per heavy atom. The molecule has 0 radical (unpaired) electrons. The van der Waals surface area contributed by atoms with E-state index in [9.17, 15) is 5.11 Å². The zero-order chi connectivity index (χ0) is 13.0. The molecular formula is C14H25N3O. The van der Waals surface area contributed by atoms with Gasteiger partial charge in [0.2, 0.25) is 0 Å². The highest BCUT2D eigenvalue weighted by molar-refractivity contribution is 4.99. The largest absolute Gasteiger partial charge is 0.389 e. The molecule has 0 spiro atoms. The first-order valence-corrected chi connectivity index (χ1v) is 7.03. The van der Waals surface area contributed by atoms with Gasteiger partial charge in [-0.05, 0) is 37.7 Å². The zero-order valence-electron chi connectivity index (χ0n) is 11.5. The van der Waals surface area contributed by atoms with Crippen molar-refractivity contribution in [2.24, 2.45) is 13.0 Å². The molecule has 0 aliphatic heterocycles. The number of nitrogens with zero attached hydrogens (tertiary/aromatic N) is 2. The van der Waals surface area contributed by atoms with Crippen LogP contribution in [-0.2, 0) is 13.6 Å². The van der Waals surface area contributed by atoms with Crippen LogP contribution in [0.25, 0.3) is 0 Å². The second-order valence-electron chi connectivity index (χ2n) is 5.63. The molecule has 1 aliphatic carbocycles. The van der Waals surface area contributed by atoms with E-state index < -0.39 is 5.60 Å². The predicted octanol–water partition coefficient (Wildman–Crippen LogP) is 1.84. The van der Waals surface area contributed by atoms with E-state index in [1.54, 1.807) is 6.20 Å². The van der Waals surface area contributed by atoms with Gasteiger partial charge in [-0.3, -0.25) is 4.68 Å². The number of hydrogen-bond donors (Lipinski definition) is 2. The molecule has 1 saturated carbocycles. The maximum atomic E-state index is 10.5. The van der Waals surface area contributed by atoms with Crippen LogP contribution in [-0.4, -0.2) is 27.0 Å². The quantitative estimate of drug-likeness (QED) is 0.839. The summed E-state index contributed by atoms with van der Waals surface area (Å²) in [7, 11) is 1.94. The minimum absolute atomic E-state index is 0.496. The van der Waals surface area contributed by atoms with E-state index in [1.807, 2.05) is 17.8 Å². The summed E-state index contributed by atoms with van der Waals surface area (Å²) in [6.45, 7) is 3.71. The molecule has 1 heterocycles. The lowest BCUT2D eigenvalue weighted by Gasteiger charge is -2.36. The molecule has 18 heavy (non-hydrogen) atoms. The van der Waals surface area contributed by atoms with E-state index in [4.69, 9.17) is 0 Å². The van der Waals surface area contributed by atoms with Crippen LogP contribution in [0.3, 0.4) is 0 Å². The van der Waals surface area contributed by atoms with Crippen LogP contribution >= 0.6 is 0 Å². The smallest absolute Gasteiger partial charge is 0.0771 e. The Kier molecular flexibility index (Phi) is 4.40. The third kappa shape index (κ3) is 3.33. The first-order valence-electron chi connectivity index (χ1n) is 7.03. The number of aryl methyl sites for hydroxylation is 1. The SMILES string of the molecule is CCC1CCC(O)(CNCc2ccnn2C)CC1. The number of nitrogens with one attached hydrogen (secondary N) is 1. The number of aliphatic hydroxyl groups is 1. The van der Waals surface area contributed by atoms with Crippen molar-refractivity contribution in [1.29, 1.82) is 0 Å². The molecular weight excluding hydrogens is 226 g/mol. The summed E-state index contributed by atoms with van der Waals surface area (Å²) in [6, 6.07) is 2.00. The average molecular weight is 251 g/mol. The van der Waals surface area contributed by atoms with Gasteiger partial charge in [0.15, 0.2) is 0 Å². The summed E-state index contributed by atoms with van der Waals surface area (Å²) in [5, 5.41) is 18.0. The normalized spacial score (nSPS) is 28.5. The van der Waals surface area contributed by atoms with Crippen molar-refractivity contribution < 1.29 is 5.11 Å². The highest BCUT2D eigenvalue weighted by atomic mass is 16.3. The Morgan fingerprint density at radius 1 is 1.50 bits per heavy atom. The monoisotopic (exact) mass is 251 g/mol. The van der Waals surface area contributed by atoms with Crippen LogP contribution < -0.4 is 5.32 Å². The van der Waals surface area contributed by atoms with Crippen molar-refractivity contribution in [3.63, 3.8) is 0 Å². The van der Waals surface area contributed by atoms with Crippen LogP contribution in [0.1, 0.15) is 44.7 Å². The fourth-order valence-corrected chi connectivity index (χ4v) is 2.80. The fraction of sp³-hybridized carbons (Fsp3) is 0.786. The van der Waals surface area contributed by atoms with E-state index in [1.165, 1.54) is 19.3 Å². The molecule has 102 valence electrons. The molecule has 4 heteroatoms. The van der Waals surface area contributed by atoms with Gasteiger partial charge < -0.3 is 10.4 Å². The molecule has 0 amide bonds. The third-order valence-electron chi connectivity index (χ3n) is 4.30. The lowest BCUT2D eigenvalue weighted by molar-refractivity contribution is -0.00891. The van der Waals surface area contributed by atoms with Gasteiger partial charge in [0, 0.05) is 26.3 Å². The van der Waals surface area contributed by atoms with E-state index in [0.29, 0.717) is 6.54 Å². The van der Waals surface area contributed by atoms with E-state index in [-0.39, 0.29) is 0 Å².